The molecule has 1 aromatic carbocycles. The summed E-state index contributed by atoms with van der Waals surface area (Å²) in [6.45, 7) is 2.54. The van der Waals surface area contributed by atoms with Gasteiger partial charge in [0.05, 0.1) is 17.2 Å². The Morgan fingerprint density at radius 1 is 1.32 bits per heavy atom. The second-order valence-electron chi connectivity index (χ2n) is 6.25. The molecule has 0 saturated heterocycles. The first kappa shape index (κ1) is 15.5. The molecule has 1 unspecified atom stereocenters. The van der Waals surface area contributed by atoms with Crippen LogP contribution in [0.3, 0.4) is 0 Å². The predicted octanol–water partition coefficient (Wildman–Crippen LogP) is 0.428. The van der Waals surface area contributed by atoms with Crippen LogP contribution in [0.4, 0.5) is 0 Å². The molecule has 1 atom stereocenters. The van der Waals surface area contributed by atoms with Crippen molar-refractivity contribution in [2.45, 2.75) is 38.9 Å². The SMILES string of the molecule is Cc1nnc2n1CC(NC(=O)Cn1c(=O)cnc3ccccc31)CC2. The lowest BCUT2D eigenvalue weighted by Crippen LogP contribution is -2.43. The summed E-state index contributed by atoms with van der Waals surface area (Å²) in [6.07, 6.45) is 2.85. The molecule has 8 nitrogen and oxygen atoms in total. The Kier molecular flexibility index (Phi) is 3.79. The van der Waals surface area contributed by atoms with Crippen molar-refractivity contribution in [1.29, 1.82) is 0 Å². The van der Waals surface area contributed by atoms with Gasteiger partial charge in [0, 0.05) is 19.0 Å². The third-order valence-corrected chi connectivity index (χ3v) is 4.55. The van der Waals surface area contributed by atoms with Gasteiger partial charge in [0.1, 0.15) is 18.2 Å². The van der Waals surface area contributed by atoms with Crippen molar-refractivity contribution in [2.75, 3.05) is 0 Å². The maximum atomic E-state index is 12.5. The Balaban J connectivity index is 1.51. The number of carbonyl (C=O) groups is 1. The topological polar surface area (TPSA) is 94.7 Å². The molecule has 0 saturated carbocycles. The number of benzene rings is 1. The number of hydrogen-bond acceptors (Lipinski definition) is 5. The third-order valence-electron chi connectivity index (χ3n) is 4.55. The van der Waals surface area contributed by atoms with Crippen molar-refractivity contribution in [1.82, 2.24) is 29.6 Å². The van der Waals surface area contributed by atoms with Gasteiger partial charge in [0.25, 0.3) is 5.56 Å². The molecule has 0 radical (unpaired) electrons. The second kappa shape index (κ2) is 6.12. The molecular weight excluding hydrogens is 320 g/mol. The van der Waals surface area contributed by atoms with Crippen molar-refractivity contribution in [3.8, 4) is 0 Å². The van der Waals surface area contributed by atoms with E-state index in [1.807, 2.05) is 29.7 Å². The van der Waals surface area contributed by atoms with E-state index in [-0.39, 0.29) is 24.1 Å². The summed E-state index contributed by atoms with van der Waals surface area (Å²) in [4.78, 5) is 28.7. The van der Waals surface area contributed by atoms with Crippen LogP contribution in [0.2, 0.25) is 0 Å². The highest BCUT2D eigenvalue weighted by Crippen LogP contribution is 2.15. The number of aromatic nitrogens is 5. The summed E-state index contributed by atoms with van der Waals surface area (Å²) in [5.41, 5.74) is 1.07. The Bertz CT molecular complexity index is 1010. The van der Waals surface area contributed by atoms with Gasteiger partial charge in [-0.3, -0.25) is 14.2 Å². The van der Waals surface area contributed by atoms with Crippen LogP contribution in [-0.2, 0) is 24.3 Å². The molecule has 3 aromatic rings. The highest BCUT2D eigenvalue weighted by Gasteiger charge is 2.23. The van der Waals surface area contributed by atoms with Gasteiger partial charge in [0.15, 0.2) is 0 Å². The van der Waals surface area contributed by atoms with Crippen LogP contribution in [-0.4, -0.2) is 36.3 Å². The quantitative estimate of drug-likeness (QED) is 0.747. The van der Waals surface area contributed by atoms with Crippen LogP contribution in [0.1, 0.15) is 18.1 Å². The molecule has 0 fully saturated rings. The molecule has 0 bridgehead atoms. The Hall–Kier alpha value is -3.03. The zero-order valence-electron chi connectivity index (χ0n) is 13.8. The summed E-state index contributed by atoms with van der Waals surface area (Å²) >= 11 is 0. The fraction of sp³-hybridized carbons (Fsp3) is 0.353. The number of hydrogen-bond donors (Lipinski definition) is 1. The highest BCUT2D eigenvalue weighted by atomic mass is 16.2. The van der Waals surface area contributed by atoms with E-state index in [0.29, 0.717) is 17.6 Å². The van der Waals surface area contributed by atoms with E-state index in [1.54, 1.807) is 6.07 Å². The zero-order valence-corrected chi connectivity index (χ0v) is 13.8. The number of nitrogens with zero attached hydrogens (tertiary/aromatic N) is 5. The first-order chi connectivity index (χ1) is 12.1. The van der Waals surface area contributed by atoms with E-state index < -0.39 is 0 Å². The largest absolute Gasteiger partial charge is 0.350 e. The zero-order chi connectivity index (χ0) is 17.4. The monoisotopic (exact) mass is 338 g/mol. The number of nitrogens with one attached hydrogen (secondary N) is 1. The Morgan fingerprint density at radius 2 is 2.16 bits per heavy atom. The first-order valence-electron chi connectivity index (χ1n) is 8.24. The predicted molar refractivity (Wildman–Crippen MR) is 91.0 cm³/mol. The lowest BCUT2D eigenvalue weighted by Gasteiger charge is -2.25. The number of para-hydroxylation sites is 2. The third kappa shape index (κ3) is 2.90. The van der Waals surface area contributed by atoms with Crippen molar-refractivity contribution >= 4 is 16.9 Å². The number of aryl methyl sites for hydroxylation is 2. The van der Waals surface area contributed by atoms with Crippen molar-refractivity contribution in [3.05, 3.63) is 52.5 Å². The van der Waals surface area contributed by atoms with E-state index in [9.17, 15) is 9.59 Å². The van der Waals surface area contributed by atoms with Crippen LogP contribution >= 0.6 is 0 Å². The van der Waals surface area contributed by atoms with Gasteiger partial charge in [-0.25, -0.2) is 4.98 Å². The Labute approximate surface area is 143 Å². The Morgan fingerprint density at radius 3 is 3.04 bits per heavy atom. The molecule has 0 spiro atoms. The molecule has 4 rings (SSSR count). The molecule has 128 valence electrons. The lowest BCUT2D eigenvalue weighted by atomic mass is 10.1. The van der Waals surface area contributed by atoms with Gasteiger partial charge in [-0.15, -0.1) is 10.2 Å². The molecule has 2 aromatic heterocycles. The molecule has 1 aliphatic heterocycles. The molecule has 25 heavy (non-hydrogen) atoms. The molecule has 0 aliphatic carbocycles. The summed E-state index contributed by atoms with van der Waals surface area (Å²) in [5, 5.41) is 11.2. The average molecular weight is 338 g/mol. The molecular formula is C17H18N6O2. The van der Waals surface area contributed by atoms with Crippen LogP contribution in [0.5, 0.6) is 0 Å². The summed E-state index contributed by atoms with van der Waals surface area (Å²) in [7, 11) is 0. The van der Waals surface area contributed by atoms with Crippen LogP contribution in [0, 0.1) is 6.92 Å². The van der Waals surface area contributed by atoms with Crippen LogP contribution in [0.15, 0.2) is 35.3 Å². The van der Waals surface area contributed by atoms with E-state index >= 15 is 0 Å². The molecule has 8 heteroatoms. The van der Waals surface area contributed by atoms with E-state index in [1.165, 1.54) is 10.8 Å². The molecule has 1 aliphatic rings. The standard InChI is InChI=1S/C17H18N6O2/c1-11-20-21-15-7-6-12(9-22(11)15)19-16(24)10-23-14-5-3-2-4-13(14)18-8-17(23)25/h2-5,8,12H,6-7,9-10H2,1H3,(H,19,24). The minimum Gasteiger partial charge on any atom is -0.350 e. The maximum Gasteiger partial charge on any atom is 0.269 e. The van der Waals surface area contributed by atoms with Gasteiger partial charge in [-0.05, 0) is 25.5 Å². The smallest absolute Gasteiger partial charge is 0.269 e. The van der Waals surface area contributed by atoms with Crippen LogP contribution < -0.4 is 10.9 Å². The summed E-state index contributed by atoms with van der Waals surface area (Å²) in [5.74, 6) is 1.63. The van der Waals surface area contributed by atoms with E-state index in [0.717, 1.165) is 24.5 Å². The van der Waals surface area contributed by atoms with E-state index in [2.05, 4.69) is 20.5 Å². The number of amides is 1. The van der Waals surface area contributed by atoms with Gasteiger partial charge in [-0.1, -0.05) is 12.1 Å². The molecule has 1 N–H and O–H groups in total. The fourth-order valence-electron chi connectivity index (χ4n) is 3.27. The second-order valence-corrected chi connectivity index (χ2v) is 6.25. The summed E-state index contributed by atoms with van der Waals surface area (Å²) < 4.78 is 3.48. The summed E-state index contributed by atoms with van der Waals surface area (Å²) in [6, 6.07) is 7.31. The minimum atomic E-state index is -0.283. The average Bonchev–Trinajstić information content (AvgIpc) is 2.98. The van der Waals surface area contributed by atoms with Gasteiger partial charge in [-0.2, -0.15) is 0 Å². The van der Waals surface area contributed by atoms with E-state index in [4.69, 9.17) is 0 Å². The fourth-order valence-corrected chi connectivity index (χ4v) is 3.27. The minimum absolute atomic E-state index is 0.0125. The van der Waals surface area contributed by atoms with Gasteiger partial charge >= 0.3 is 0 Å². The first-order valence-corrected chi connectivity index (χ1v) is 8.24. The van der Waals surface area contributed by atoms with Crippen molar-refractivity contribution in [2.24, 2.45) is 0 Å². The number of rotatable bonds is 3. The van der Waals surface area contributed by atoms with Crippen molar-refractivity contribution < 1.29 is 4.79 Å². The maximum absolute atomic E-state index is 12.5. The normalized spacial score (nSPS) is 16.6. The highest BCUT2D eigenvalue weighted by molar-refractivity contribution is 5.80. The van der Waals surface area contributed by atoms with Gasteiger partial charge < -0.3 is 9.88 Å². The number of fused-ring (bicyclic) bond motifs is 2. The number of carbonyl (C=O) groups excluding carboxylic acids is 1. The van der Waals surface area contributed by atoms with Gasteiger partial charge in [0.2, 0.25) is 5.91 Å². The molecule has 3 heterocycles. The van der Waals surface area contributed by atoms with Crippen LogP contribution in [0.25, 0.3) is 11.0 Å². The molecule has 1 amide bonds. The lowest BCUT2D eigenvalue weighted by molar-refractivity contribution is -0.122. The van der Waals surface area contributed by atoms with Crippen molar-refractivity contribution in [3.63, 3.8) is 0 Å².